The standard InChI is InChI=1S/C17H15FN2O4S/c1-23-14-7-6-13(18)10-16(14)25(21,22)20-11-12-4-2-8-19-17(12)15-5-3-9-24-15/h2-10,20H,11H2,1H3. The van der Waals surface area contributed by atoms with Crippen LogP contribution in [0.25, 0.3) is 11.5 Å². The molecule has 2 heterocycles. The fourth-order valence-electron chi connectivity index (χ4n) is 2.33. The van der Waals surface area contributed by atoms with E-state index in [0.29, 0.717) is 17.0 Å². The minimum atomic E-state index is -3.98. The first-order chi connectivity index (χ1) is 12.0. The van der Waals surface area contributed by atoms with Gasteiger partial charge in [-0.3, -0.25) is 4.98 Å². The molecule has 8 heteroatoms. The average Bonchev–Trinajstić information content (AvgIpc) is 3.15. The Labute approximate surface area is 144 Å². The van der Waals surface area contributed by atoms with Crippen LogP contribution in [0.4, 0.5) is 4.39 Å². The van der Waals surface area contributed by atoms with Crippen molar-refractivity contribution < 1.29 is 22.0 Å². The molecule has 6 nitrogen and oxygen atoms in total. The number of sulfonamides is 1. The van der Waals surface area contributed by atoms with E-state index < -0.39 is 15.8 Å². The van der Waals surface area contributed by atoms with Crippen LogP contribution in [0.2, 0.25) is 0 Å². The predicted molar refractivity (Wildman–Crippen MR) is 88.9 cm³/mol. The molecule has 0 aliphatic rings. The third kappa shape index (κ3) is 3.70. The number of furan rings is 1. The van der Waals surface area contributed by atoms with Crippen LogP contribution in [0.5, 0.6) is 5.75 Å². The summed E-state index contributed by atoms with van der Waals surface area (Å²) in [4.78, 5) is 3.96. The highest BCUT2D eigenvalue weighted by molar-refractivity contribution is 7.89. The predicted octanol–water partition coefficient (Wildman–Crippen LogP) is 2.97. The van der Waals surface area contributed by atoms with Crippen LogP contribution in [0.3, 0.4) is 0 Å². The number of pyridine rings is 1. The lowest BCUT2D eigenvalue weighted by Crippen LogP contribution is -2.24. The lowest BCUT2D eigenvalue weighted by Gasteiger charge is -2.12. The lowest BCUT2D eigenvalue weighted by atomic mass is 10.1. The van der Waals surface area contributed by atoms with Gasteiger partial charge in [0.2, 0.25) is 10.0 Å². The van der Waals surface area contributed by atoms with E-state index in [1.165, 1.54) is 19.4 Å². The smallest absolute Gasteiger partial charge is 0.244 e. The topological polar surface area (TPSA) is 81.4 Å². The van der Waals surface area contributed by atoms with E-state index in [0.717, 1.165) is 12.1 Å². The van der Waals surface area contributed by atoms with Crippen LogP contribution < -0.4 is 9.46 Å². The van der Waals surface area contributed by atoms with E-state index in [4.69, 9.17) is 9.15 Å². The number of nitrogens with one attached hydrogen (secondary N) is 1. The Morgan fingerprint density at radius 2 is 2.08 bits per heavy atom. The number of benzene rings is 1. The summed E-state index contributed by atoms with van der Waals surface area (Å²) in [5, 5.41) is 0. The van der Waals surface area contributed by atoms with Crippen molar-refractivity contribution in [2.75, 3.05) is 7.11 Å². The molecule has 0 spiro atoms. The number of aromatic nitrogens is 1. The zero-order valence-corrected chi connectivity index (χ0v) is 14.1. The fraction of sp³-hybridized carbons (Fsp3) is 0.118. The van der Waals surface area contributed by atoms with Crippen LogP contribution in [0, 0.1) is 5.82 Å². The maximum absolute atomic E-state index is 13.5. The van der Waals surface area contributed by atoms with Crippen molar-refractivity contribution in [3.8, 4) is 17.2 Å². The second-order valence-corrected chi connectivity index (χ2v) is 6.84. The number of hydrogen-bond donors (Lipinski definition) is 1. The number of nitrogens with zero attached hydrogens (tertiary/aromatic N) is 1. The summed E-state index contributed by atoms with van der Waals surface area (Å²) in [6, 6.07) is 10.2. The molecule has 0 bridgehead atoms. The number of hydrogen-bond acceptors (Lipinski definition) is 5. The average molecular weight is 362 g/mol. The summed E-state index contributed by atoms with van der Waals surface area (Å²) in [5.74, 6) is -0.0803. The highest BCUT2D eigenvalue weighted by Gasteiger charge is 2.21. The van der Waals surface area contributed by atoms with Crippen molar-refractivity contribution in [1.82, 2.24) is 9.71 Å². The van der Waals surface area contributed by atoms with E-state index in [1.54, 1.807) is 30.5 Å². The first kappa shape index (κ1) is 17.1. The van der Waals surface area contributed by atoms with E-state index in [1.807, 2.05) is 0 Å². The largest absolute Gasteiger partial charge is 0.495 e. The van der Waals surface area contributed by atoms with Gasteiger partial charge in [0.25, 0.3) is 0 Å². The monoisotopic (exact) mass is 362 g/mol. The summed E-state index contributed by atoms with van der Waals surface area (Å²) < 4.78 is 51.3. The Balaban J connectivity index is 1.88. The second-order valence-electron chi connectivity index (χ2n) is 5.11. The number of methoxy groups -OCH3 is 1. The Kier molecular flexibility index (Phi) is 4.82. The first-order valence-electron chi connectivity index (χ1n) is 7.32. The van der Waals surface area contributed by atoms with E-state index >= 15 is 0 Å². The molecule has 0 amide bonds. The molecule has 0 saturated heterocycles. The van der Waals surface area contributed by atoms with Crippen molar-refractivity contribution >= 4 is 10.0 Å². The normalized spacial score (nSPS) is 11.4. The minimum Gasteiger partial charge on any atom is -0.495 e. The van der Waals surface area contributed by atoms with Gasteiger partial charge in [0.05, 0.1) is 13.4 Å². The van der Waals surface area contributed by atoms with Gasteiger partial charge >= 0.3 is 0 Å². The molecule has 0 aliphatic heterocycles. The molecular formula is C17H15FN2O4S. The zero-order chi connectivity index (χ0) is 17.9. The third-order valence-corrected chi connectivity index (χ3v) is 4.94. The lowest BCUT2D eigenvalue weighted by molar-refractivity contribution is 0.400. The molecule has 3 aromatic rings. The van der Waals surface area contributed by atoms with Gasteiger partial charge in [0.1, 0.15) is 22.2 Å². The van der Waals surface area contributed by atoms with E-state index in [2.05, 4.69) is 9.71 Å². The summed E-state index contributed by atoms with van der Waals surface area (Å²) in [6.45, 7) is -0.0358. The minimum absolute atomic E-state index is 0.0358. The Morgan fingerprint density at radius 3 is 2.80 bits per heavy atom. The summed E-state index contributed by atoms with van der Waals surface area (Å²) in [5.41, 5.74) is 1.15. The van der Waals surface area contributed by atoms with Crippen LogP contribution in [-0.4, -0.2) is 20.5 Å². The van der Waals surface area contributed by atoms with Crippen molar-refractivity contribution in [3.63, 3.8) is 0 Å². The summed E-state index contributed by atoms with van der Waals surface area (Å²) in [7, 11) is -2.66. The molecule has 0 aliphatic carbocycles. The van der Waals surface area contributed by atoms with Gasteiger partial charge in [0.15, 0.2) is 5.76 Å². The molecule has 0 atom stereocenters. The Hall–Kier alpha value is -2.71. The first-order valence-corrected chi connectivity index (χ1v) is 8.80. The maximum Gasteiger partial charge on any atom is 0.244 e. The van der Waals surface area contributed by atoms with Gasteiger partial charge in [-0.05, 0) is 42.0 Å². The molecule has 0 radical (unpaired) electrons. The molecule has 0 saturated carbocycles. The molecular weight excluding hydrogens is 347 g/mol. The zero-order valence-electron chi connectivity index (χ0n) is 13.3. The molecule has 130 valence electrons. The van der Waals surface area contributed by atoms with Crippen LogP contribution in [0.15, 0.2) is 64.2 Å². The molecule has 1 N–H and O–H groups in total. The summed E-state index contributed by atoms with van der Waals surface area (Å²) >= 11 is 0. The van der Waals surface area contributed by atoms with Gasteiger partial charge in [-0.15, -0.1) is 0 Å². The third-order valence-electron chi connectivity index (χ3n) is 3.51. The molecule has 3 rings (SSSR count). The van der Waals surface area contributed by atoms with E-state index in [-0.39, 0.29) is 17.2 Å². The van der Waals surface area contributed by atoms with Crippen molar-refractivity contribution in [2.24, 2.45) is 0 Å². The quantitative estimate of drug-likeness (QED) is 0.729. The SMILES string of the molecule is COc1ccc(F)cc1S(=O)(=O)NCc1cccnc1-c1ccco1. The maximum atomic E-state index is 13.5. The van der Waals surface area contributed by atoms with Crippen LogP contribution in [0.1, 0.15) is 5.56 Å². The van der Waals surface area contributed by atoms with E-state index in [9.17, 15) is 12.8 Å². The van der Waals surface area contributed by atoms with Gasteiger partial charge in [-0.25, -0.2) is 17.5 Å². The molecule has 2 aromatic heterocycles. The van der Waals surface area contributed by atoms with Crippen molar-refractivity contribution in [3.05, 3.63) is 66.3 Å². The van der Waals surface area contributed by atoms with Gasteiger partial charge < -0.3 is 9.15 Å². The molecule has 1 aromatic carbocycles. The number of rotatable bonds is 6. The van der Waals surface area contributed by atoms with Crippen LogP contribution in [-0.2, 0) is 16.6 Å². The number of halogens is 1. The fourth-order valence-corrected chi connectivity index (χ4v) is 3.51. The molecule has 25 heavy (non-hydrogen) atoms. The molecule has 0 fully saturated rings. The van der Waals surface area contributed by atoms with Crippen LogP contribution >= 0.6 is 0 Å². The van der Waals surface area contributed by atoms with Gasteiger partial charge in [0, 0.05) is 12.7 Å². The Morgan fingerprint density at radius 1 is 1.24 bits per heavy atom. The highest BCUT2D eigenvalue weighted by atomic mass is 32.2. The summed E-state index contributed by atoms with van der Waals surface area (Å²) in [6.07, 6.45) is 3.10. The highest BCUT2D eigenvalue weighted by Crippen LogP contribution is 2.25. The van der Waals surface area contributed by atoms with Gasteiger partial charge in [-0.1, -0.05) is 6.07 Å². The number of ether oxygens (including phenoxy) is 1. The van der Waals surface area contributed by atoms with Crippen molar-refractivity contribution in [1.29, 1.82) is 0 Å². The molecule has 0 unspecified atom stereocenters. The second kappa shape index (κ2) is 7.04. The Bertz CT molecular complexity index is 972. The van der Waals surface area contributed by atoms with Crippen molar-refractivity contribution in [2.45, 2.75) is 11.4 Å². The van der Waals surface area contributed by atoms with Gasteiger partial charge in [-0.2, -0.15) is 0 Å².